The lowest BCUT2D eigenvalue weighted by molar-refractivity contribution is -0.175. The Bertz CT molecular complexity index is 796. The van der Waals surface area contributed by atoms with Crippen LogP contribution in [0.25, 0.3) is 0 Å². The average molecular weight is 617 g/mol. The summed E-state index contributed by atoms with van der Waals surface area (Å²) < 4.78 is 31.3. The van der Waals surface area contributed by atoms with Crippen molar-refractivity contribution in [3.8, 4) is 0 Å². The van der Waals surface area contributed by atoms with Crippen molar-refractivity contribution in [2.75, 3.05) is 13.2 Å². The number of ether oxygens (including phenoxy) is 1. The van der Waals surface area contributed by atoms with Crippen LogP contribution in [0, 0.1) is 0 Å². The molecule has 218 valence electrons. The normalized spacial score (nSPS) is 15.4. The first kappa shape index (κ1) is 36.5. The Hall–Kier alpha value is -0.546. The SMILES string of the molecule is C[Si](C)(C)O[Si](C)(C)O[Si](C)(C)O[Si](C)(C)O[Si](C)(C)CCCOC(CC(=O)O)(CC(=O)CO)C(=O)O. The van der Waals surface area contributed by atoms with Gasteiger partial charge in [0.2, 0.25) is 0 Å². The Morgan fingerprint density at radius 2 is 1.16 bits per heavy atom. The number of carboxylic acids is 2. The first-order valence-electron chi connectivity index (χ1n) is 12.4. The molecule has 0 spiro atoms. The molecule has 3 N–H and O–H groups in total. The first-order chi connectivity index (χ1) is 16.3. The molecule has 0 fully saturated rings. The maximum Gasteiger partial charge on any atom is 0.337 e. The van der Waals surface area contributed by atoms with Crippen LogP contribution in [0.2, 0.25) is 78.1 Å². The number of ketones is 1. The summed E-state index contributed by atoms with van der Waals surface area (Å²) in [5.41, 5.74) is -2.23. The quantitative estimate of drug-likeness (QED) is 0.143. The lowest BCUT2D eigenvalue weighted by atomic mass is 9.93. The molecule has 16 heteroatoms. The Kier molecular flexibility index (Phi) is 13.5. The van der Waals surface area contributed by atoms with Crippen molar-refractivity contribution in [3.63, 3.8) is 0 Å². The van der Waals surface area contributed by atoms with Crippen LogP contribution in [0.15, 0.2) is 0 Å². The molecule has 1 unspecified atom stereocenters. The van der Waals surface area contributed by atoms with Gasteiger partial charge in [0.05, 0.1) is 6.42 Å². The van der Waals surface area contributed by atoms with Crippen molar-refractivity contribution < 1.29 is 50.9 Å². The summed E-state index contributed by atoms with van der Waals surface area (Å²) in [7, 11) is -11.6. The third-order valence-electron chi connectivity index (χ3n) is 4.84. The molecule has 0 aliphatic heterocycles. The Morgan fingerprint density at radius 3 is 1.57 bits per heavy atom. The average Bonchev–Trinajstić information content (AvgIpc) is 2.58. The van der Waals surface area contributed by atoms with Crippen LogP contribution in [0.5, 0.6) is 0 Å². The van der Waals surface area contributed by atoms with Crippen molar-refractivity contribution in [1.29, 1.82) is 0 Å². The summed E-state index contributed by atoms with van der Waals surface area (Å²) in [5.74, 6) is -3.77. The molecule has 0 aromatic carbocycles. The van der Waals surface area contributed by atoms with Gasteiger partial charge in [0.25, 0.3) is 0 Å². The highest BCUT2D eigenvalue weighted by molar-refractivity contribution is 6.90. The highest BCUT2D eigenvalue weighted by Crippen LogP contribution is 2.28. The van der Waals surface area contributed by atoms with E-state index in [2.05, 4.69) is 19.6 Å². The zero-order valence-electron chi connectivity index (χ0n) is 24.4. The number of Topliss-reactive ketones (excluding diaryl/α,β-unsaturated/α-hetero) is 1. The number of hydrogen-bond acceptors (Lipinski definition) is 9. The van der Waals surface area contributed by atoms with Gasteiger partial charge >= 0.3 is 37.6 Å². The van der Waals surface area contributed by atoms with Crippen LogP contribution in [0.4, 0.5) is 0 Å². The van der Waals surface area contributed by atoms with E-state index >= 15 is 0 Å². The summed E-state index contributed by atoms with van der Waals surface area (Å²) in [5, 5.41) is 27.8. The minimum Gasteiger partial charge on any atom is -0.481 e. The van der Waals surface area contributed by atoms with E-state index in [0.29, 0.717) is 12.5 Å². The van der Waals surface area contributed by atoms with Crippen LogP contribution >= 0.6 is 0 Å². The second kappa shape index (κ2) is 13.7. The lowest BCUT2D eigenvalue weighted by Crippen LogP contribution is -2.58. The van der Waals surface area contributed by atoms with E-state index in [9.17, 15) is 19.5 Å². The fourth-order valence-electron chi connectivity index (χ4n) is 4.46. The predicted octanol–water partition coefficient (Wildman–Crippen LogP) is 3.85. The van der Waals surface area contributed by atoms with E-state index in [1.165, 1.54) is 0 Å². The summed E-state index contributed by atoms with van der Waals surface area (Å²) in [6.45, 7) is 21.5. The molecule has 0 bridgehead atoms. The number of carboxylic acid groups (broad SMARTS) is 2. The van der Waals surface area contributed by atoms with Gasteiger partial charge in [-0.2, -0.15) is 0 Å². The van der Waals surface area contributed by atoms with E-state index < -0.39 is 85.1 Å². The number of carbonyl (C=O) groups is 3. The second-order valence-electron chi connectivity index (χ2n) is 12.2. The number of carbonyl (C=O) groups excluding carboxylic acids is 1. The summed E-state index contributed by atoms with van der Waals surface area (Å²) in [4.78, 5) is 34.8. The minimum absolute atomic E-state index is 0.0713. The molecule has 0 saturated carbocycles. The molecule has 0 saturated heterocycles. The highest BCUT2D eigenvalue weighted by atomic mass is 28.5. The van der Waals surface area contributed by atoms with E-state index in [1.807, 2.05) is 52.4 Å². The van der Waals surface area contributed by atoms with Crippen LogP contribution in [0.1, 0.15) is 19.3 Å². The second-order valence-corrected chi connectivity index (χ2v) is 32.1. The molecule has 0 amide bonds. The van der Waals surface area contributed by atoms with Crippen molar-refractivity contribution in [1.82, 2.24) is 0 Å². The Labute approximate surface area is 226 Å². The van der Waals surface area contributed by atoms with Gasteiger partial charge < -0.3 is 36.5 Å². The third kappa shape index (κ3) is 15.6. The van der Waals surface area contributed by atoms with Crippen LogP contribution < -0.4 is 0 Å². The van der Waals surface area contributed by atoms with Gasteiger partial charge in [-0.3, -0.25) is 9.59 Å². The maximum absolute atomic E-state index is 11.8. The van der Waals surface area contributed by atoms with Gasteiger partial charge in [0.1, 0.15) is 6.61 Å². The minimum atomic E-state index is -2.60. The largest absolute Gasteiger partial charge is 0.481 e. The molecular weight excluding hydrogens is 569 g/mol. The highest BCUT2D eigenvalue weighted by Gasteiger charge is 2.46. The first-order valence-corrected chi connectivity index (χ1v) is 27.3. The monoisotopic (exact) mass is 616 g/mol. The van der Waals surface area contributed by atoms with Crippen molar-refractivity contribution in [2.24, 2.45) is 0 Å². The van der Waals surface area contributed by atoms with Gasteiger partial charge in [-0.25, -0.2) is 4.79 Å². The molecule has 11 nitrogen and oxygen atoms in total. The lowest BCUT2D eigenvalue weighted by Gasteiger charge is -2.42. The molecule has 0 radical (unpaired) electrons. The summed E-state index contributed by atoms with van der Waals surface area (Å²) in [6, 6.07) is 0.603. The molecular formula is C21H48O11Si5. The number of rotatable bonds is 19. The Morgan fingerprint density at radius 1 is 0.703 bits per heavy atom. The molecule has 37 heavy (non-hydrogen) atoms. The summed E-state index contributed by atoms with van der Waals surface area (Å²) in [6.07, 6.45) is -1.20. The van der Waals surface area contributed by atoms with Gasteiger partial charge in [-0.1, -0.05) is 0 Å². The molecule has 0 aromatic rings. The zero-order valence-corrected chi connectivity index (χ0v) is 29.4. The fraction of sp³-hybridized carbons (Fsp3) is 0.857. The maximum atomic E-state index is 11.8. The van der Waals surface area contributed by atoms with Crippen molar-refractivity contribution >= 4 is 60.0 Å². The van der Waals surface area contributed by atoms with Gasteiger partial charge in [0, 0.05) is 13.0 Å². The van der Waals surface area contributed by atoms with Crippen LogP contribution in [-0.4, -0.2) is 94.2 Å². The summed E-state index contributed by atoms with van der Waals surface area (Å²) >= 11 is 0. The van der Waals surface area contributed by atoms with Crippen LogP contribution in [-0.2, 0) is 35.6 Å². The molecule has 0 aliphatic rings. The standard InChI is InChI=1S/C21H48O11Si5/c1-33(2,3)29-35(6,7)31-37(10,11)32-36(8,9)30-34(4,5)14-12-13-28-21(20(26)27,16-19(24)25)15-18(23)17-22/h22H,12-17H2,1-11H3,(H,24,25)(H,26,27). The molecule has 0 aromatic heterocycles. The molecule has 0 aliphatic carbocycles. The number of aliphatic hydroxyl groups is 1. The Balaban J connectivity index is 5.18. The van der Waals surface area contributed by atoms with E-state index in [1.54, 1.807) is 0 Å². The van der Waals surface area contributed by atoms with Crippen LogP contribution in [0.3, 0.4) is 0 Å². The van der Waals surface area contributed by atoms with Gasteiger partial charge in [0.15, 0.2) is 28.0 Å². The topological polar surface area (TPSA) is 158 Å². The number of aliphatic hydroxyl groups excluding tert-OH is 1. The van der Waals surface area contributed by atoms with Crippen molar-refractivity contribution in [2.45, 2.75) is 103 Å². The third-order valence-corrected chi connectivity index (χ3v) is 22.9. The van der Waals surface area contributed by atoms with E-state index in [4.69, 9.17) is 31.4 Å². The number of aliphatic carboxylic acids is 2. The van der Waals surface area contributed by atoms with Crippen molar-refractivity contribution in [3.05, 3.63) is 0 Å². The zero-order chi connectivity index (χ0) is 29.5. The molecule has 0 rings (SSSR count). The molecule has 0 heterocycles. The van der Waals surface area contributed by atoms with E-state index in [0.717, 1.165) is 0 Å². The predicted molar refractivity (Wildman–Crippen MR) is 152 cm³/mol. The smallest absolute Gasteiger partial charge is 0.337 e. The van der Waals surface area contributed by atoms with Gasteiger partial charge in [-0.15, -0.1) is 0 Å². The van der Waals surface area contributed by atoms with Gasteiger partial charge in [-0.05, 0) is 84.5 Å². The molecule has 1 atom stereocenters. The van der Waals surface area contributed by atoms with E-state index in [-0.39, 0.29) is 6.61 Å². The fourth-order valence-corrected chi connectivity index (χ4v) is 28.2. The number of hydrogen-bond donors (Lipinski definition) is 3.